The second-order valence-electron chi connectivity index (χ2n) is 9.89. The number of nitrogens with zero attached hydrogens (tertiary/aromatic N) is 3. The number of piperazine rings is 1. The smallest absolute Gasteiger partial charge is 0.0602 e. The van der Waals surface area contributed by atoms with Crippen LogP contribution >= 0.6 is 12.4 Å². The Morgan fingerprint density at radius 2 is 1.36 bits per heavy atom. The summed E-state index contributed by atoms with van der Waals surface area (Å²) >= 11 is 0. The topological polar surface area (TPSA) is 9.72 Å². The molecular formula is C32H40ClN3. The van der Waals surface area contributed by atoms with Crippen LogP contribution in [0.4, 0.5) is 5.69 Å². The Bertz CT molecular complexity index is 1080. The van der Waals surface area contributed by atoms with Crippen molar-refractivity contribution in [2.24, 2.45) is 0 Å². The van der Waals surface area contributed by atoms with Crippen LogP contribution in [0.5, 0.6) is 0 Å². The highest BCUT2D eigenvalue weighted by molar-refractivity contribution is 5.85. The van der Waals surface area contributed by atoms with Crippen LogP contribution in [-0.4, -0.2) is 55.6 Å². The van der Waals surface area contributed by atoms with Gasteiger partial charge in [0.15, 0.2) is 0 Å². The van der Waals surface area contributed by atoms with Crippen molar-refractivity contribution in [3.05, 3.63) is 107 Å². The summed E-state index contributed by atoms with van der Waals surface area (Å²) in [5.41, 5.74) is 8.67. The fourth-order valence-electron chi connectivity index (χ4n) is 5.80. The fourth-order valence-corrected chi connectivity index (χ4v) is 5.80. The molecular weight excluding hydrogens is 462 g/mol. The third-order valence-corrected chi connectivity index (χ3v) is 7.76. The molecule has 0 N–H and O–H groups in total. The minimum Gasteiger partial charge on any atom is -0.372 e. The molecule has 1 fully saturated rings. The maximum absolute atomic E-state index is 2.67. The van der Waals surface area contributed by atoms with E-state index >= 15 is 0 Å². The molecule has 2 aliphatic rings. The molecule has 0 atom stereocenters. The van der Waals surface area contributed by atoms with Crippen LogP contribution in [0.3, 0.4) is 0 Å². The van der Waals surface area contributed by atoms with Crippen molar-refractivity contribution >= 4 is 24.2 Å². The van der Waals surface area contributed by atoms with Gasteiger partial charge in [-0.1, -0.05) is 78.4 Å². The van der Waals surface area contributed by atoms with Gasteiger partial charge in [-0.25, -0.2) is 0 Å². The summed E-state index contributed by atoms with van der Waals surface area (Å²) in [7, 11) is 0. The number of anilines is 1. The van der Waals surface area contributed by atoms with Gasteiger partial charge in [0.05, 0.1) is 6.04 Å². The minimum absolute atomic E-state index is 0. The van der Waals surface area contributed by atoms with Gasteiger partial charge in [-0.2, -0.15) is 0 Å². The monoisotopic (exact) mass is 501 g/mol. The molecule has 36 heavy (non-hydrogen) atoms. The van der Waals surface area contributed by atoms with E-state index in [1.165, 1.54) is 40.8 Å². The van der Waals surface area contributed by atoms with Crippen molar-refractivity contribution in [1.82, 2.24) is 9.80 Å². The number of benzene rings is 3. The normalized spacial score (nSPS) is 16.2. The van der Waals surface area contributed by atoms with Gasteiger partial charge in [0.2, 0.25) is 0 Å². The lowest BCUT2D eigenvalue weighted by Crippen LogP contribution is -2.48. The van der Waals surface area contributed by atoms with Gasteiger partial charge in [-0.3, -0.25) is 9.80 Å². The molecule has 5 rings (SSSR count). The number of halogens is 1. The highest BCUT2D eigenvalue weighted by Crippen LogP contribution is 2.31. The molecule has 0 amide bonds. The molecule has 0 unspecified atom stereocenters. The van der Waals surface area contributed by atoms with Gasteiger partial charge in [-0.15, -0.1) is 12.4 Å². The Morgan fingerprint density at radius 1 is 0.750 bits per heavy atom. The Balaban J connectivity index is 0.00000304. The van der Waals surface area contributed by atoms with E-state index < -0.39 is 0 Å². The summed E-state index contributed by atoms with van der Waals surface area (Å²) in [6.07, 6.45) is 4.82. The second kappa shape index (κ2) is 12.6. The predicted octanol–water partition coefficient (Wildman–Crippen LogP) is 6.69. The van der Waals surface area contributed by atoms with Gasteiger partial charge in [-0.05, 0) is 61.1 Å². The van der Waals surface area contributed by atoms with E-state index in [2.05, 4.69) is 113 Å². The molecule has 1 aliphatic carbocycles. The van der Waals surface area contributed by atoms with Gasteiger partial charge in [0.1, 0.15) is 0 Å². The van der Waals surface area contributed by atoms with E-state index in [1.807, 2.05) is 0 Å². The van der Waals surface area contributed by atoms with Crippen molar-refractivity contribution in [2.75, 3.05) is 50.7 Å². The SMILES string of the molecule is CCN(CC)c1ccc2c(c1)CCC(CN1CCN(C(c3ccccc3)c3ccccc3)CC1)=C2.Cl. The highest BCUT2D eigenvalue weighted by atomic mass is 35.5. The number of rotatable bonds is 8. The van der Waals surface area contributed by atoms with Crippen LogP contribution in [-0.2, 0) is 6.42 Å². The Labute approximate surface area is 223 Å². The summed E-state index contributed by atoms with van der Waals surface area (Å²) < 4.78 is 0. The Kier molecular flexibility index (Phi) is 9.25. The van der Waals surface area contributed by atoms with Crippen molar-refractivity contribution in [1.29, 1.82) is 0 Å². The zero-order valence-corrected chi connectivity index (χ0v) is 22.6. The van der Waals surface area contributed by atoms with Gasteiger partial charge < -0.3 is 4.90 Å². The van der Waals surface area contributed by atoms with Crippen LogP contribution < -0.4 is 4.90 Å². The third kappa shape index (κ3) is 6.03. The van der Waals surface area contributed by atoms with Crippen LogP contribution in [0, 0.1) is 0 Å². The molecule has 3 nitrogen and oxygen atoms in total. The summed E-state index contributed by atoms with van der Waals surface area (Å²) in [6.45, 7) is 12.2. The van der Waals surface area contributed by atoms with Crippen molar-refractivity contribution in [3.8, 4) is 0 Å². The summed E-state index contributed by atoms with van der Waals surface area (Å²) in [6, 6.07) is 29.4. The van der Waals surface area contributed by atoms with Crippen molar-refractivity contribution in [2.45, 2.75) is 32.7 Å². The largest absolute Gasteiger partial charge is 0.372 e. The lowest BCUT2D eigenvalue weighted by atomic mass is 9.91. The first-order valence-electron chi connectivity index (χ1n) is 13.4. The first kappa shape index (κ1) is 26.5. The Morgan fingerprint density at radius 3 is 1.94 bits per heavy atom. The second-order valence-corrected chi connectivity index (χ2v) is 9.89. The maximum Gasteiger partial charge on any atom is 0.0602 e. The standard InChI is InChI=1S/C32H39N3.ClH/c1-3-34(4-2)31-18-17-29-23-26(15-16-30(29)24-31)25-33-19-21-35(22-20-33)32(27-11-7-5-8-12-27)28-13-9-6-10-14-28;/h5-14,17-18,23-24,32H,3-4,15-16,19-22,25H2,1-2H3;1H. The zero-order chi connectivity index (χ0) is 24.0. The van der Waals surface area contributed by atoms with E-state index in [0.29, 0.717) is 6.04 Å². The van der Waals surface area contributed by atoms with E-state index in [4.69, 9.17) is 0 Å². The lowest BCUT2D eigenvalue weighted by molar-refractivity contribution is 0.115. The molecule has 1 heterocycles. The maximum atomic E-state index is 2.67. The highest BCUT2D eigenvalue weighted by Gasteiger charge is 2.27. The van der Waals surface area contributed by atoms with Gasteiger partial charge in [0, 0.05) is 51.5 Å². The minimum atomic E-state index is 0. The van der Waals surface area contributed by atoms with E-state index in [1.54, 1.807) is 5.57 Å². The number of hydrogen-bond acceptors (Lipinski definition) is 3. The molecule has 4 heteroatoms. The van der Waals surface area contributed by atoms with E-state index in [9.17, 15) is 0 Å². The predicted molar refractivity (Wildman–Crippen MR) is 156 cm³/mol. The first-order valence-corrected chi connectivity index (χ1v) is 13.4. The number of aryl methyl sites for hydroxylation is 1. The molecule has 190 valence electrons. The molecule has 0 bridgehead atoms. The molecule has 0 saturated carbocycles. The lowest BCUT2D eigenvalue weighted by Gasteiger charge is -2.40. The number of hydrogen-bond donors (Lipinski definition) is 0. The first-order chi connectivity index (χ1) is 17.2. The molecule has 3 aromatic carbocycles. The van der Waals surface area contributed by atoms with Crippen molar-refractivity contribution in [3.63, 3.8) is 0 Å². The Hall–Kier alpha value is -2.59. The van der Waals surface area contributed by atoms with Gasteiger partial charge >= 0.3 is 0 Å². The summed E-state index contributed by atoms with van der Waals surface area (Å²) in [5, 5.41) is 0. The molecule has 0 aromatic heterocycles. The zero-order valence-electron chi connectivity index (χ0n) is 21.8. The summed E-state index contributed by atoms with van der Waals surface area (Å²) in [4.78, 5) is 7.77. The fraction of sp³-hybridized carbons (Fsp3) is 0.375. The van der Waals surface area contributed by atoms with Crippen LogP contribution in [0.1, 0.15) is 48.6 Å². The number of fused-ring (bicyclic) bond motifs is 1. The van der Waals surface area contributed by atoms with Crippen LogP contribution in [0.15, 0.2) is 84.4 Å². The quantitative estimate of drug-likeness (QED) is 0.340. The molecule has 1 aliphatic heterocycles. The molecule has 0 spiro atoms. The van der Waals surface area contributed by atoms with E-state index in [0.717, 1.165) is 45.8 Å². The van der Waals surface area contributed by atoms with Crippen LogP contribution in [0.25, 0.3) is 6.08 Å². The van der Waals surface area contributed by atoms with Crippen molar-refractivity contribution < 1.29 is 0 Å². The molecule has 3 aromatic rings. The third-order valence-electron chi connectivity index (χ3n) is 7.76. The average Bonchev–Trinajstić information content (AvgIpc) is 2.92. The van der Waals surface area contributed by atoms with E-state index in [-0.39, 0.29) is 12.4 Å². The average molecular weight is 502 g/mol. The summed E-state index contributed by atoms with van der Waals surface area (Å²) in [5.74, 6) is 0. The van der Waals surface area contributed by atoms with Gasteiger partial charge in [0.25, 0.3) is 0 Å². The van der Waals surface area contributed by atoms with Crippen LogP contribution in [0.2, 0.25) is 0 Å². The molecule has 1 saturated heterocycles. The molecule has 0 radical (unpaired) electrons.